The van der Waals surface area contributed by atoms with Crippen LogP contribution in [0.15, 0.2) is 0 Å². The van der Waals surface area contributed by atoms with Crippen molar-refractivity contribution >= 4 is 12.0 Å². The normalized spacial score (nSPS) is 24.2. The number of ether oxygens (including phenoxy) is 1. The Morgan fingerprint density at radius 2 is 2.05 bits per heavy atom. The van der Waals surface area contributed by atoms with E-state index in [4.69, 9.17) is 4.74 Å². The van der Waals surface area contributed by atoms with Gasteiger partial charge in [0.1, 0.15) is 0 Å². The molecule has 2 aliphatic heterocycles. The molecule has 0 aromatic heterocycles. The van der Waals surface area contributed by atoms with Crippen LogP contribution in [0, 0.1) is 5.92 Å². The second-order valence-electron chi connectivity index (χ2n) is 5.51. The van der Waals surface area contributed by atoms with Crippen LogP contribution in [0.25, 0.3) is 0 Å². The number of nitrogens with one attached hydrogen (secondary N) is 2. The Labute approximate surface area is 120 Å². The van der Waals surface area contributed by atoms with E-state index in [1.54, 1.807) is 4.90 Å². The van der Waals surface area contributed by atoms with Crippen molar-refractivity contribution in [2.75, 3.05) is 32.8 Å². The molecule has 0 aromatic carbocycles. The van der Waals surface area contributed by atoms with Gasteiger partial charge in [-0.05, 0) is 45.7 Å². The van der Waals surface area contributed by atoms with Crippen LogP contribution < -0.4 is 10.6 Å². The summed E-state index contributed by atoms with van der Waals surface area (Å²) in [5, 5.41) is 6.35. The maximum atomic E-state index is 12.2. The second kappa shape index (κ2) is 7.47. The van der Waals surface area contributed by atoms with Crippen molar-refractivity contribution in [3.05, 3.63) is 0 Å². The molecule has 1 atom stereocenters. The Kier molecular flexibility index (Phi) is 5.64. The molecule has 2 saturated heterocycles. The van der Waals surface area contributed by atoms with E-state index >= 15 is 0 Å². The van der Waals surface area contributed by atoms with E-state index < -0.39 is 0 Å². The molecule has 2 rings (SSSR count). The van der Waals surface area contributed by atoms with Crippen molar-refractivity contribution in [2.45, 2.75) is 38.6 Å². The molecule has 0 bridgehead atoms. The highest BCUT2D eigenvalue weighted by atomic mass is 16.5. The van der Waals surface area contributed by atoms with E-state index in [-0.39, 0.29) is 24.0 Å². The smallest absolute Gasteiger partial charge is 0.317 e. The van der Waals surface area contributed by atoms with Gasteiger partial charge in [-0.2, -0.15) is 0 Å². The van der Waals surface area contributed by atoms with Crippen LogP contribution in [0.1, 0.15) is 32.6 Å². The largest absolute Gasteiger partial charge is 0.466 e. The molecule has 0 aliphatic carbocycles. The standard InChI is InChI=1S/C14H25N3O3/c1-2-20-13(18)11-4-3-9-17(10-11)14(19)16-12-5-7-15-8-6-12/h11-12,15H,2-10H2,1H3,(H,16,19). The predicted octanol–water partition coefficient (Wildman–Crippen LogP) is 0.723. The van der Waals surface area contributed by atoms with Crippen LogP contribution >= 0.6 is 0 Å². The summed E-state index contributed by atoms with van der Waals surface area (Å²) in [6.45, 7) is 5.33. The lowest BCUT2D eigenvalue weighted by atomic mass is 9.98. The number of rotatable bonds is 3. The molecule has 6 nitrogen and oxygen atoms in total. The topological polar surface area (TPSA) is 70.7 Å². The molecule has 0 spiro atoms. The number of likely N-dealkylation sites (tertiary alicyclic amines) is 1. The number of amides is 2. The van der Waals surface area contributed by atoms with Crippen LogP contribution in [0.3, 0.4) is 0 Å². The molecule has 2 N–H and O–H groups in total. The Morgan fingerprint density at radius 3 is 2.75 bits per heavy atom. The molecule has 114 valence electrons. The number of piperidine rings is 2. The summed E-state index contributed by atoms with van der Waals surface area (Å²) in [7, 11) is 0. The van der Waals surface area contributed by atoms with E-state index in [2.05, 4.69) is 10.6 Å². The molecule has 1 unspecified atom stereocenters. The highest BCUT2D eigenvalue weighted by Crippen LogP contribution is 2.18. The van der Waals surface area contributed by atoms with Crippen LogP contribution in [0.2, 0.25) is 0 Å². The first kappa shape index (κ1) is 15.1. The number of hydrogen-bond donors (Lipinski definition) is 2. The molecule has 0 radical (unpaired) electrons. The summed E-state index contributed by atoms with van der Waals surface area (Å²) in [5.41, 5.74) is 0. The highest BCUT2D eigenvalue weighted by molar-refractivity contribution is 5.77. The first-order valence-corrected chi connectivity index (χ1v) is 7.63. The zero-order valence-electron chi connectivity index (χ0n) is 12.2. The Balaban J connectivity index is 1.81. The number of hydrogen-bond acceptors (Lipinski definition) is 4. The van der Waals surface area contributed by atoms with Crippen molar-refractivity contribution in [2.24, 2.45) is 5.92 Å². The average Bonchev–Trinajstić information content (AvgIpc) is 2.48. The van der Waals surface area contributed by atoms with Crippen molar-refractivity contribution in [3.8, 4) is 0 Å². The van der Waals surface area contributed by atoms with Crippen LogP contribution in [-0.2, 0) is 9.53 Å². The maximum Gasteiger partial charge on any atom is 0.317 e. The van der Waals surface area contributed by atoms with E-state index in [0.717, 1.165) is 45.3 Å². The summed E-state index contributed by atoms with van der Waals surface area (Å²) < 4.78 is 5.05. The van der Waals surface area contributed by atoms with Gasteiger partial charge in [0, 0.05) is 19.1 Å². The lowest BCUT2D eigenvalue weighted by Crippen LogP contribution is -2.51. The van der Waals surface area contributed by atoms with Crippen molar-refractivity contribution in [3.63, 3.8) is 0 Å². The van der Waals surface area contributed by atoms with E-state index in [1.165, 1.54) is 0 Å². The van der Waals surface area contributed by atoms with Gasteiger partial charge < -0.3 is 20.3 Å². The van der Waals surface area contributed by atoms with Gasteiger partial charge in [-0.15, -0.1) is 0 Å². The number of nitrogens with zero attached hydrogens (tertiary/aromatic N) is 1. The minimum absolute atomic E-state index is 0.0362. The monoisotopic (exact) mass is 283 g/mol. The fraction of sp³-hybridized carbons (Fsp3) is 0.857. The first-order chi connectivity index (χ1) is 9.70. The number of esters is 1. The minimum Gasteiger partial charge on any atom is -0.466 e. The van der Waals surface area contributed by atoms with E-state index in [0.29, 0.717) is 13.2 Å². The zero-order valence-corrected chi connectivity index (χ0v) is 12.2. The predicted molar refractivity (Wildman–Crippen MR) is 75.4 cm³/mol. The van der Waals surface area contributed by atoms with E-state index in [9.17, 15) is 9.59 Å². The molecule has 2 heterocycles. The highest BCUT2D eigenvalue weighted by Gasteiger charge is 2.30. The fourth-order valence-corrected chi connectivity index (χ4v) is 2.85. The minimum atomic E-state index is -0.174. The summed E-state index contributed by atoms with van der Waals surface area (Å²) >= 11 is 0. The van der Waals surface area contributed by atoms with E-state index in [1.807, 2.05) is 6.92 Å². The number of urea groups is 1. The van der Waals surface area contributed by atoms with Gasteiger partial charge in [-0.1, -0.05) is 0 Å². The summed E-state index contributed by atoms with van der Waals surface area (Å²) in [6, 6.07) is 0.220. The molecule has 2 aliphatic rings. The summed E-state index contributed by atoms with van der Waals surface area (Å²) in [6.07, 6.45) is 3.63. The summed E-state index contributed by atoms with van der Waals surface area (Å²) in [4.78, 5) is 25.8. The van der Waals surface area contributed by atoms with Crippen LogP contribution in [0.5, 0.6) is 0 Å². The molecule has 0 aromatic rings. The number of carbonyl (C=O) groups is 2. The Morgan fingerprint density at radius 1 is 1.30 bits per heavy atom. The van der Waals surface area contributed by atoms with Gasteiger partial charge in [-0.3, -0.25) is 4.79 Å². The van der Waals surface area contributed by atoms with Gasteiger partial charge in [0.25, 0.3) is 0 Å². The third kappa shape index (κ3) is 4.10. The second-order valence-corrected chi connectivity index (χ2v) is 5.51. The van der Waals surface area contributed by atoms with Gasteiger partial charge in [0.15, 0.2) is 0 Å². The zero-order chi connectivity index (χ0) is 14.4. The summed E-state index contributed by atoms with van der Waals surface area (Å²) in [5.74, 6) is -0.339. The molecule has 6 heteroatoms. The van der Waals surface area contributed by atoms with Crippen LogP contribution in [-0.4, -0.2) is 55.7 Å². The lowest BCUT2D eigenvalue weighted by molar-refractivity contribution is -0.149. The molecule has 2 fully saturated rings. The number of carbonyl (C=O) groups excluding carboxylic acids is 2. The molecule has 20 heavy (non-hydrogen) atoms. The SMILES string of the molecule is CCOC(=O)C1CCCN(C(=O)NC2CCNCC2)C1. The van der Waals surface area contributed by atoms with Crippen molar-refractivity contribution in [1.82, 2.24) is 15.5 Å². The lowest BCUT2D eigenvalue weighted by Gasteiger charge is -2.33. The maximum absolute atomic E-state index is 12.2. The third-order valence-electron chi connectivity index (χ3n) is 4.00. The average molecular weight is 283 g/mol. The Bertz CT molecular complexity index is 343. The van der Waals surface area contributed by atoms with Gasteiger partial charge >= 0.3 is 12.0 Å². The molecular formula is C14H25N3O3. The third-order valence-corrected chi connectivity index (χ3v) is 4.00. The first-order valence-electron chi connectivity index (χ1n) is 7.63. The van der Waals surface area contributed by atoms with Crippen LogP contribution in [0.4, 0.5) is 4.79 Å². The van der Waals surface area contributed by atoms with Crippen molar-refractivity contribution in [1.29, 1.82) is 0 Å². The van der Waals surface area contributed by atoms with Gasteiger partial charge in [-0.25, -0.2) is 4.79 Å². The molecular weight excluding hydrogens is 258 g/mol. The van der Waals surface area contributed by atoms with Crippen molar-refractivity contribution < 1.29 is 14.3 Å². The molecule has 0 saturated carbocycles. The molecule has 2 amide bonds. The van der Waals surface area contributed by atoms with Gasteiger partial charge in [0.05, 0.1) is 12.5 Å². The fourth-order valence-electron chi connectivity index (χ4n) is 2.85. The Hall–Kier alpha value is -1.30. The van der Waals surface area contributed by atoms with Gasteiger partial charge in [0.2, 0.25) is 0 Å². The quantitative estimate of drug-likeness (QED) is 0.749.